The third-order valence-corrected chi connectivity index (χ3v) is 3.73. The molecule has 0 unspecified atom stereocenters. The topological polar surface area (TPSA) is 90.2 Å². The summed E-state index contributed by atoms with van der Waals surface area (Å²) in [5, 5.41) is 16.5. The molecule has 0 aliphatic rings. The van der Waals surface area contributed by atoms with E-state index in [4.69, 9.17) is 4.74 Å². The number of rotatable bonds is 7. The second kappa shape index (κ2) is 7.57. The van der Waals surface area contributed by atoms with Crippen LogP contribution in [0.4, 0.5) is 11.5 Å². The van der Waals surface area contributed by atoms with E-state index in [9.17, 15) is 10.1 Å². The van der Waals surface area contributed by atoms with Crippen molar-refractivity contribution in [1.29, 1.82) is 0 Å². The van der Waals surface area contributed by atoms with Crippen molar-refractivity contribution in [2.24, 2.45) is 0 Å². The van der Waals surface area contributed by atoms with Crippen LogP contribution in [0.2, 0.25) is 0 Å². The number of nitrogens with one attached hydrogen (secondary N) is 1. The number of nitro groups is 1. The molecule has 2 aromatic carbocycles. The maximum atomic E-state index is 11.5. The normalized spacial score (nSPS) is 10.6. The molecule has 25 heavy (non-hydrogen) atoms. The van der Waals surface area contributed by atoms with Gasteiger partial charge in [-0.15, -0.1) is 0 Å². The minimum atomic E-state index is -0.523. The van der Waals surface area contributed by atoms with Crippen LogP contribution >= 0.6 is 0 Å². The summed E-state index contributed by atoms with van der Waals surface area (Å²) >= 11 is 0. The maximum Gasteiger partial charge on any atom is 0.373 e. The summed E-state index contributed by atoms with van der Waals surface area (Å²) in [6.45, 7) is 2.65. The molecule has 7 heteroatoms. The Hall–Kier alpha value is -3.22. The number of hydrogen-bond acceptors (Lipinski definition) is 6. The first-order valence-electron chi connectivity index (χ1n) is 8.09. The Balaban J connectivity index is 1.92. The summed E-state index contributed by atoms with van der Waals surface area (Å²) in [4.78, 5) is 18.9. The summed E-state index contributed by atoms with van der Waals surface area (Å²) in [6, 6.07) is 13.3. The standard InChI is InChI=1S/C18H18N4O3/c1-2-3-10-19-17-16(22(23)24)18(21-12-20-17)25-15-9-8-13-6-4-5-7-14(13)11-15/h4-9,11-12H,2-3,10H2,1H3,(H,19,20,21). The summed E-state index contributed by atoms with van der Waals surface area (Å²) in [6.07, 6.45) is 3.13. The van der Waals surface area contributed by atoms with Crippen LogP contribution < -0.4 is 10.1 Å². The van der Waals surface area contributed by atoms with Crippen molar-refractivity contribution in [2.75, 3.05) is 11.9 Å². The highest BCUT2D eigenvalue weighted by atomic mass is 16.6. The van der Waals surface area contributed by atoms with Crippen LogP contribution in [-0.4, -0.2) is 21.4 Å². The Morgan fingerprint density at radius 3 is 2.72 bits per heavy atom. The Labute approximate surface area is 144 Å². The second-order valence-electron chi connectivity index (χ2n) is 5.52. The van der Waals surface area contributed by atoms with Crippen LogP contribution in [-0.2, 0) is 0 Å². The van der Waals surface area contributed by atoms with E-state index in [0.29, 0.717) is 12.3 Å². The fourth-order valence-electron chi connectivity index (χ4n) is 2.46. The van der Waals surface area contributed by atoms with Gasteiger partial charge in [-0.05, 0) is 29.3 Å². The van der Waals surface area contributed by atoms with Gasteiger partial charge in [-0.3, -0.25) is 10.1 Å². The molecular formula is C18H18N4O3. The van der Waals surface area contributed by atoms with Gasteiger partial charge in [0.25, 0.3) is 0 Å². The zero-order valence-corrected chi connectivity index (χ0v) is 13.8. The van der Waals surface area contributed by atoms with Gasteiger partial charge in [0.2, 0.25) is 5.82 Å². The summed E-state index contributed by atoms with van der Waals surface area (Å²) < 4.78 is 5.69. The molecule has 0 spiro atoms. The molecule has 0 radical (unpaired) electrons. The molecule has 0 bridgehead atoms. The predicted molar refractivity (Wildman–Crippen MR) is 96.1 cm³/mol. The Bertz CT molecular complexity index is 898. The quantitative estimate of drug-likeness (QED) is 0.386. The van der Waals surface area contributed by atoms with Crippen molar-refractivity contribution in [2.45, 2.75) is 19.8 Å². The fourth-order valence-corrected chi connectivity index (χ4v) is 2.46. The Morgan fingerprint density at radius 2 is 1.96 bits per heavy atom. The molecule has 0 amide bonds. The molecule has 1 heterocycles. The molecule has 7 nitrogen and oxygen atoms in total. The molecule has 0 fully saturated rings. The van der Waals surface area contributed by atoms with Gasteiger partial charge in [0.1, 0.15) is 12.1 Å². The minimum absolute atomic E-state index is 0.0747. The summed E-state index contributed by atoms with van der Waals surface area (Å²) in [5.74, 6) is 0.582. The second-order valence-corrected chi connectivity index (χ2v) is 5.52. The van der Waals surface area contributed by atoms with Crippen LogP contribution in [0.15, 0.2) is 48.8 Å². The van der Waals surface area contributed by atoms with Crippen molar-refractivity contribution in [3.8, 4) is 11.6 Å². The number of benzene rings is 2. The van der Waals surface area contributed by atoms with Gasteiger partial charge in [0.15, 0.2) is 0 Å². The molecule has 3 rings (SSSR count). The molecule has 0 saturated heterocycles. The zero-order valence-electron chi connectivity index (χ0n) is 13.8. The van der Waals surface area contributed by atoms with Crippen LogP contribution in [0, 0.1) is 10.1 Å². The molecule has 1 N–H and O–H groups in total. The van der Waals surface area contributed by atoms with Gasteiger partial charge in [-0.2, -0.15) is 4.98 Å². The third-order valence-electron chi connectivity index (χ3n) is 3.73. The lowest BCUT2D eigenvalue weighted by Crippen LogP contribution is -2.08. The molecular weight excluding hydrogens is 320 g/mol. The number of anilines is 1. The Kier molecular flexibility index (Phi) is 5.03. The lowest BCUT2D eigenvalue weighted by molar-refractivity contribution is -0.385. The van der Waals surface area contributed by atoms with E-state index < -0.39 is 4.92 Å². The van der Waals surface area contributed by atoms with Gasteiger partial charge in [-0.25, -0.2) is 4.98 Å². The van der Waals surface area contributed by atoms with Crippen LogP contribution in [0.25, 0.3) is 10.8 Å². The van der Waals surface area contributed by atoms with Crippen molar-refractivity contribution in [3.63, 3.8) is 0 Å². The van der Waals surface area contributed by atoms with E-state index in [1.165, 1.54) is 6.33 Å². The first-order valence-corrected chi connectivity index (χ1v) is 8.09. The fraction of sp³-hybridized carbons (Fsp3) is 0.222. The molecule has 0 aliphatic carbocycles. The first kappa shape index (κ1) is 16.6. The van der Waals surface area contributed by atoms with Crippen molar-refractivity contribution in [3.05, 3.63) is 58.9 Å². The number of ether oxygens (including phenoxy) is 1. The first-order chi connectivity index (χ1) is 12.2. The minimum Gasteiger partial charge on any atom is -0.434 e. The van der Waals surface area contributed by atoms with Crippen molar-refractivity contribution in [1.82, 2.24) is 9.97 Å². The van der Waals surface area contributed by atoms with E-state index in [-0.39, 0.29) is 17.4 Å². The molecule has 0 aliphatic heterocycles. The summed E-state index contributed by atoms with van der Waals surface area (Å²) in [7, 11) is 0. The van der Waals surface area contributed by atoms with Crippen LogP contribution in [0.3, 0.4) is 0 Å². The van der Waals surface area contributed by atoms with Crippen molar-refractivity contribution >= 4 is 22.3 Å². The van der Waals surface area contributed by atoms with Gasteiger partial charge >= 0.3 is 11.6 Å². The molecule has 0 atom stereocenters. The monoisotopic (exact) mass is 338 g/mol. The highest BCUT2D eigenvalue weighted by Crippen LogP contribution is 2.34. The van der Waals surface area contributed by atoms with E-state index in [2.05, 4.69) is 15.3 Å². The Morgan fingerprint density at radius 1 is 1.16 bits per heavy atom. The number of fused-ring (bicyclic) bond motifs is 1. The largest absolute Gasteiger partial charge is 0.434 e. The van der Waals surface area contributed by atoms with E-state index in [1.807, 2.05) is 43.3 Å². The predicted octanol–water partition coefficient (Wildman–Crippen LogP) is 4.54. The van der Waals surface area contributed by atoms with E-state index in [0.717, 1.165) is 23.6 Å². The SMILES string of the molecule is CCCCNc1ncnc(Oc2ccc3ccccc3c2)c1[N+](=O)[O-]. The third kappa shape index (κ3) is 3.82. The highest BCUT2D eigenvalue weighted by Gasteiger charge is 2.24. The van der Waals surface area contributed by atoms with Crippen LogP contribution in [0.1, 0.15) is 19.8 Å². The summed E-state index contributed by atoms with van der Waals surface area (Å²) in [5.41, 5.74) is -0.258. The number of hydrogen-bond donors (Lipinski definition) is 1. The number of unbranched alkanes of at least 4 members (excludes halogenated alkanes) is 1. The lowest BCUT2D eigenvalue weighted by atomic mass is 10.1. The average molecular weight is 338 g/mol. The molecule has 128 valence electrons. The highest BCUT2D eigenvalue weighted by molar-refractivity contribution is 5.83. The smallest absolute Gasteiger partial charge is 0.373 e. The lowest BCUT2D eigenvalue weighted by Gasteiger charge is -2.09. The molecule has 3 aromatic rings. The van der Waals surface area contributed by atoms with Gasteiger partial charge < -0.3 is 10.1 Å². The number of nitrogens with zero attached hydrogens (tertiary/aromatic N) is 3. The molecule has 0 saturated carbocycles. The van der Waals surface area contributed by atoms with Gasteiger partial charge in [-0.1, -0.05) is 43.7 Å². The average Bonchev–Trinajstić information content (AvgIpc) is 2.62. The van der Waals surface area contributed by atoms with E-state index in [1.54, 1.807) is 6.07 Å². The van der Waals surface area contributed by atoms with E-state index >= 15 is 0 Å². The molecule has 1 aromatic heterocycles. The number of aromatic nitrogens is 2. The van der Waals surface area contributed by atoms with Crippen LogP contribution in [0.5, 0.6) is 11.6 Å². The zero-order chi connectivity index (χ0) is 17.6. The maximum absolute atomic E-state index is 11.5. The van der Waals surface area contributed by atoms with Gasteiger partial charge in [0, 0.05) is 6.54 Å². The van der Waals surface area contributed by atoms with Gasteiger partial charge in [0.05, 0.1) is 4.92 Å². The van der Waals surface area contributed by atoms with Crippen molar-refractivity contribution < 1.29 is 9.66 Å².